The van der Waals surface area contributed by atoms with E-state index in [9.17, 15) is 9.90 Å². The van der Waals surface area contributed by atoms with E-state index in [1.54, 1.807) is 0 Å². The highest BCUT2D eigenvalue weighted by Crippen LogP contribution is 2.78. The molecule has 1 saturated carbocycles. The summed E-state index contributed by atoms with van der Waals surface area (Å²) in [6, 6.07) is 0. The van der Waals surface area contributed by atoms with Crippen molar-refractivity contribution in [3.63, 3.8) is 0 Å². The number of rotatable bonds is 3. The van der Waals surface area contributed by atoms with Crippen LogP contribution in [0.25, 0.3) is 0 Å². The summed E-state index contributed by atoms with van der Waals surface area (Å²) in [5.41, 5.74) is 5.32. The van der Waals surface area contributed by atoms with Crippen LogP contribution >= 0.6 is 0 Å². The first-order valence-corrected chi connectivity index (χ1v) is 8.40. The number of carboxylic acids is 1. The SMILES string of the molecule is CC1(C)C(C)(C)C(C)(C)C(CN)(CC(=O)O)C(C)(C)C1(C)C. The van der Waals surface area contributed by atoms with Crippen LogP contribution in [0.3, 0.4) is 0 Å². The lowest BCUT2D eigenvalue weighted by atomic mass is 9.27. The Labute approximate surface area is 137 Å². The van der Waals surface area contributed by atoms with Gasteiger partial charge in [0.1, 0.15) is 0 Å². The minimum atomic E-state index is -0.752. The van der Waals surface area contributed by atoms with E-state index in [0.29, 0.717) is 6.54 Å². The topological polar surface area (TPSA) is 63.3 Å². The first kappa shape index (κ1) is 19.5. The number of carbonyl (C=O) groups is 1. The number of aliphatic carboxylic acids is 1. The van der Waals surface area contributed by atoms with Gasteiger partial charge in [0.05, 0.1) is 6.42 Å². The Balaban J connectivity index is 3.87. The molecule has 1 aliphatic carbocycles. The van der Waals surface area contributed by atoms with Gasteiger partial charge in [-0.3, -0.25) is 4.79 Å². The average Bonchev–Trinajstić information content (AvgIpc) is 2.32. The van der Waals surface area contributed by atoms with Crippen LogP contribution in [0.2, 0.25) is 0 Å². The summed E-state index contributed by atoms with van der Waals surface area (Å²) < 4.78 is 0. The second-order valence-corrected chi connectivity index (χ2v) is 9.98. The van der Waals surface area contributed by atoms with Gasteiger partial charge in [-0.1, -0.05) is 69.2 Å². The fraction of sp³-hybridized carbons (Fsp3) is 0.947. The van der Waals surface area contributed by atoms with Gasteiger partial charge in [-0.05, 0) is 33.6 Å². The largest absolute Gasteiger partial charge is 0.481 e. The molecule has 1 fully saturated rings. The Bertz CT molecular complexity index is 440. The molecule has 0 saturated heterocycles. The number of carboxylic acid groups (broad SMARTS) is 1. The molecule has 0 aromatic heterocycles. The maximum atomic E-state index is 11.7. The Morgan fingerprint density at radius 3 is 1.23 bits per heavy atom. The van der Waals surface area contributed by atoms with Gasteiger partial charge in [-0.25, -0.2) is 0 Å². The maximum Gasteiger partial charge on any atom is 0.303 e. The van der Waals surface area contributed by atoms with Crippen molar-refractivity contribution >= 4 is 5.97 Å². The first-order valence-electron chi connectivity index (χ1n) is 8.40. The second kappa shape index (κ2) is 4.72. The lowest BCUT2D eigenvalue weighted by molar-refractivity contribution is -0.293. The molecule has 0 aromatic carbocycles. The molecule has 22 heavy (non-hydrogen) atoms. The zero-order valence-corrected chi connectivity index (χ0v) is 16.3. The molecule has 1 aliphatic rings. The molecule has 130 valence electrons. The highest BCUT2D eigenvalue weighted by atomic mass is 16.4. The molecular weight excluding hydrogens is 274 g/mol. The summed E-state index contributed by atoms with van der Waals surface area (Å²) in [6.07, 6.45) is 0.117. The van der Waals surface area contributed by atoms with E-state index in [1.807, 2.05) is 0 Å². The molecule has 0 atom stereocenters. The van der Waals surface area contributed by atoms with Crippen molar-refractivity contribution in [3.8, 4) is 0 Å². The van der Waals surface area contributed by atoms with Crippen molar-refractivity contribution in [1.82, 2.24) is 0 Å². The molecule has 0 unspecified atom stereocenters. The normalized spacial score (nSPS) is 29.8. The van der Waals surface area contributed by atoms with Crippen molar-refractivity contribution < 1.29 is 9.90 Å². The summed E-state index contributed by atoms with van der Waals surface area (Å²) in [4.78, 5) is 11.7. The maximum absolute atomic E-state index is 11.7. The molecule has 0 heterocycles. The number of hydrogen-bond acceptors (Lipinski definition) is 2. The van der Waals surface area contributed by atoms with E-state index >= 15 is 0 Å². The number of hydrogen-bond donors (Lipinski definition) is 2. The fourth-order valence-corrected chi connectivity index (χ4v) is 5.60. The van der Waals surface area contributed by atoms with Crippen molar-refractivity contribution in [1.29, 1.82) is 0 Å². The predicted octanol–water partition coefficient (Wildman–Crippen LogP) is 4.55. The molecule has 0 amide bonds. The monoisotopic (exact) mass is 311 g/mol. The highest BCUT2D eigenvalue weighted by Gasteiger charge is 2.74. The van der Waals surface area contributed by atoms with Gasteiger partial charge in [0.2, 0.25) is 0 Å². The van der Waals surface area contributed by atoms with E-state index < -0.39 is 11.4 Å². The zero-order chi connectivity index (χ0) is 18.0. The smallest absolute Gasteiger partial charge is 0.303 e. The first-order chi connectivity index (χ1) is 9.48. The summed E-state index contributed by atoms with van der Waals surface area (Å²) >= 11 is 0. The van der Waals surface area contributed by atoms with Crippen molar-refractivity contribution in [3.05, 3.63) is 0 Å². The molecule has 0 spiro atoms. The molecule has 3 heteroatoms. The molecule has 0 aromatic rings. The second-order valence-electron chi connectivity index (χ2n) is 9.98. The van der Waals surface area contributed by atoms with Crippen LogP contribution in [-0.2, 0) is 4.79 Å². The van der Waals surface area contributed by atoms with Gasteiger partial charge in [-0.15, -0.1) is 0 Å². The molecule has 1 rings (SSSR count). The fourth-order valence-electron chi connectivity index (χ4n) is 5.60. The molecule has 0 aliphatic heterocycles. The standard InChI is InChI=1S/C19H37NO2/c1-14(2)15(3,4)17(7,8)19(12-20,11-13(21)22)18(9,10)16(14,5)6/h11-12,20H2,1-10H3,(H,21,22). The minimum absolute atomic E-state index is 0.0319. The third-order valence-electron chi connectivity index (χ3n) is 9.44. The van der Waals surface area contributed by atoms with Crippen LogP contribution in [0.4, 0.5) is 0 Å². The van der Waals surface area contributed by atoms with Gasteiger partial charge in [0.25, 0.3) is 0 Å². The van der Waals surface area contributed by atoms with E-state index in [2.05, 4.69) is 69.2 Å². The molecular formula is C19H37NO2. The Kier molecular flexibility index (Phi) is 4.18. The van der Waals surface area contributed by atoms with Crippen LogP contribution in [0, 0.1) is 32.5 Å². The van der Waals surface area contributed by atoms with E-state index in [-0.39, 0.29) is 33.5 Å². The van der Waals surface area contributed by atoms with Crippen LogP contribution in [0.1, 0.15) is 75.7 Å². The molecule has 0 radical (unpaired) electrons. The third kappa shape index (κ3) is 1.75. The summed E-state index contributed by atoms with van der Waals surface area (Å²) in [6.45, 7) is 23.1. The Morgan fingerprint density at radius 1 is 0.727 bits per heavy atom. The van der Waals surface area contributed by atoms with Crippen LogP contribution in [-0.4, -0.2) is 17.6 Å². The predicted molar refractivity (Wildman–Crippen MR) is 92.6 cm³/mol. The average molecular weight is 312 g/mol. The molecule has 3 nitrogen and oxygen atoms in total. The van der Waals surface area contributed by atoms with Crippen molar-refractivity contribution in [2.45, 2.75) is 75.7 Å². The molecule has 0 bridgehead atoms. The van der Waals surface area contributed by atoms with E-state index in [4.69, 9.17) is 5.73 Å². The molecule has 3 N–H and O–H groups in total. The van der Waals surface area contributed by atoms with Gasteiger partial charge in [-0.2, -0.15) is 0 Å². The van der Waals surface area contributed by atoms with Gasteiger partial charge >= 0.3 is 5.97 Å². The Morgan fingerprint density at radius 2 is 1.00 bits per heavy atom. The van der Waals surface area contributed by atoms with Crippen molar-refractivity contribution in [2.24, 2.45) is 38.2 Å². The van der Waals surface area contributed by atoms with Gasteiger partial charge < -0.3 is 10.8 Å². The van der Waals surface area contributed by atoms with Crippen LogP contribution in [0.5, 0.6) is 0 Å². The van der Waals surface area contributed by atoms with Gasteiger partial charge in [0.15, 0.2) is 0 Å². The van der Waals surface area contributed by atoms with Crippen molar-refractivity contribution in [2.75, 3.05) is 6.54 Å². The zero-order valence-electron chi connectivity index (χ0n) is 16.3. The van der Waals surface area contributed by atoms with Crippen LogP contribution in [0.15, 0.2) is 0 Å². The summed E-state index contributed by atoms with van der Waals surface area (Å²) in [7, 11) is 0. The minimum Gasteiger partial charge on any atom is -0.481 e. The summed E-state index contributed by atoms with van der Waals surface area (Å²) in [5, 5.41) is 9.64. The summed E-state index contributed by atoms with van der Waals surface area (Å²) in [5.74, 6) is -0.752. The highest BCUT2D eigenvalue weighted by molar-refractivity contribution is 5.68. The lowest BCUT2D eigenvalue weighted by Gasteiger charge is -2.77. The lowest BCUT2D eigenvalue weighted by Crippen LogP contribution is -2.74. The third-order valence-corrected chi connectivity index (χ3v) is 9.44. The quantitative estimate of drug-likeness (QED) is 0.803. The Hall–Kier alpha value is -0.570. The van der Waals surface area contributed by atoms with Gasteiger partial charge in [0, 0.05) is 5.41 Å². The van der Waals surface area contributed by atoms with E-state index in [1.165, 1.54) is 0 Å². The van der Waals surface area contributed by atoms with Crippen LogP contribution < -0.4 is 5.73 Å². The number of nitrogens with two attached hydrogens (primary N) is 1. The van der Waals surface area contributed by atoms with E-state index in [0.717, 1.165) is 0 Å².